The smallest absolute Gasteiger partial charge is 0.163 e. The Morgan fingerprint density at radius 1 is 1.35 bits per heavy atom. The van der Waals surface area contributed by atoms with Crippen LogP contribution in [0.1, 0.15) is 41.6 Å². The van der Waals surface area contributed by atoms with E-state index in [4.69, 9.17) is 10.00 Å². The van der Waals surface area contributed by atoms with Gasteiger partial charge in [-0.15, -0.1) is 0 Å². The highest BCUT2D eigenvalue weighted by atomic mass is 16.5. The molecule has 0 spiro atoms. The highest BCUT2D eigenvalue weighted by molar-refractivity contribution is 5.98. The monoisotopic (exact) mass is 229 g/mol. The van der Waals surface area contributed by atoms with E-state index in [2.05, 4.69) is 6.07 Å². The molecule has 3 heteroatoms. The van der Waals surface area contributed by atoms with Crippen LogP contribution >= 0.6 is 0 Å². The summed E-state index contributed by atoms with van der Waals surface area (Å²) in [6.45, 7) is 0.556. The van der Waals surface area contributed by atoms with Crippen LogP contribution in [0.3, 0.4) is 0 Å². The van der Waals surface area contributed by atoms with Gasteiger partial charge >= 0.3 is 0 Å². The maximum atomic E-state index is 11.6. The van der Waals surface area contributed by atoms with Gasteiger partial charge in [0.1, 0.15) is 5.75 Å². The van der Waals surface area contributed by atoms with Gasteiger partial charge in [-0.05, 0) is 43.0 Å². The van der Waals surface area contributed by atoms with Crippen molar-refractivity contribution in [1.29, 1.82) is 5.26 Å². The first-order valence-electron chi connectivity index (χ1n) is 5.97. The topological polar surface area (TPSA) is 50.1 Å². The standard InChI is InChI=1S/C14H15NO2/c15-8-1-2-9-17-12-6-7-13-11(10-12)4-3-5-14(13)16/h6-7,10H,1-5,9H2. The fraction of sp³-hybridized carbons (Fsp3) is 0.429. The van der Waals surface area contributed by atoms with Crippen molar-refractivity contribution in [3.63, 3.8) is 0 Å². The number of carbonyl (C=O) groups excluding carboxylic acids is 1. The molecule has 0 amide bonds. The molecule has 0 radical (unpaired) electrons. The number of benzene rings is 1. The number of ketones is 1. The van der Waals surface area contributed by atoms with Crippen molar-refractivity contribution in [3.8, 4) is 11.8 Å². The van der Waals surface area contributed by atoms with E-state index in [1.54, 1.807) is 0 Å². The molecule has 0 saturated heterocycles. The molecule has 0 aliphatic heterocycles. The molecule has 0 heterocycles. The third-order valence-electron chi connectivity index (χ3n) is 2.93. The maximum Gasteiger partial charge on any atom is 0.163 e. The van der Waals surface area contributed by atoms with Crippen LogP contribution in [0.15, 0.2) is 18.2 Å². The highest BCUT2D eigenvalue weighted by Crippen LogP contribution is 2.25. The van der Waals surface area contributed by atoms with E-state index in [1.165, 1.54) is 0 Å². The van der Waals surface area contributed by atoms with E-state index in [1.807, 2.05) is 18.2 Å². The van der Waals surface area contributed by atoms with Gasteiger partial charge < -0.3 is 4.74 Å². The van der Waals surface area contributed by atoms with Gasteiger partial charge in [-0.1, -0.05) is 0 Å². The van der Waals surface area contributed by atoms with E-state index in [0.717, 1.165) is 36.1 Å². The van der Waals surface area contributed by atoms with Gasteiger partial charge in [-0.3, -0.25) is 4.79 Å². The normalized spacial score (nSPS) is 13.9. The summed E-state index contributed by atoms with van der Waals surface area (Å²) in [6.07, 6.45) is 3.81. The minimum absolute atomic E-state index is 0.238. The maximum absolute atomic E-state index is 11.6. The fourth-order valence-corrected chi connectivity index (χ4v) is 2.05. The second-order valence-electron chi connectivity index (χ2n) is 4.21. The molecule has 0 atom stereocenters. The van der Waals surface area contributed by atoms with Crippen molar-refractivity contribution >= 4 is 5.78 Å². The fourth-order valence-electron chi connectivity index (χ4n) is 2.05. The van der Waals surface area contributed by atoms with Gasteiger partial charge in [0, 0.05) is 18.4 Å². The molecule has 1 aliphatic rings. The lowest BCUT2D eigenvalue weighted by molar-refractivity contribution is 0.0972. The number of aryl methyl sites for hydroxylation is 1. The molecule has 0 saturated carbocycles. The number of rotatable bonds is 4. The zero-order chi connectivity index (χ0) is 12.1. The first-order chi connectivity index (χ1) is 8.31. The molecule has 3 nitrogen and oxygen atoms in total. The van der Waals surface area contributed by atoms with Crippen LogP contribution in [-0.4, -0.2) is 12.4 Å². The Labute approximate surface area is 101 Å². The minimum atomic E-state index is 0.238. The lowest BCUT2D eigenvalue weighted by atomic mass is 9.90. The van der Waals surface area contributed by atoms with Gasteiger partial charge in [0.15, 0.2) is 5.78 Å². The lowest BCUT2D eigenvalue weighted by Crippen LogP contribution is -2.10. The summed E-state index contributed by atoms with van der Waals surface area (Å²) in [7, 11) is 0. The SMILES string of the molecule is N#CCCCOc1ccc2c(c1)CCCC2=O. The number of ether oxygens (including phenoxy) is 1. The second-order valence-corrected chi connectivity index (χ2v) is 4.21. The molecule has 1 aromatic rings. The molecule has 0 unspecified atom stereocenters. The zero-order valence-electron chi connectivity index (χ0n) is 9.74. The van der Waals surface area contributed by atoms with Crippen LogP contribution in [0.2, 0.25) is 0 Å². The molecule has 88 valence electrons. The molecule has 1 aromatic carbocycles. The Morgan fingerprint density at radius 2 is 2.24 bits per heavy atom. The van der Waals surface area contributed by atoms with Crippen LogP contribution in [-0.2, 0) is 6.42 Å². The first-order valence-corrected chi connectivity index (χ1v) is 5.97. The second kappa shape index (κ2) is 5.49. The van der Waals surface area contributed by atoms with Crippen LogP contribution < -0.4 is 4.74 Å². The Bertz CT molecular complexity index is 460. The predicted octanol–water partition coefficient (Wildman–Crippen LogP) is 2.89. The van der Waals surface area contributed by atoms with Crippen LogP contribution in [0, 0.1) is 11.3 Å². The molecular weight excluding hydrogens is 214 g/mol. The van der Waals surface area contributed by atoms with E-state index in [9.17, 15) is 4.79 Å². The Hall–Kier alpha value is -1.82. The summed E-state index contributed by atoms with van der Waals surface area (Å²) in [5.41, 5.74) is 1.94. The van der Waals surface area contributed by atoms with Gasteiger partial charge in [-0.25, -0.2) is 0 Å². The van der Waals surface area contributed by atoms with Gasteiger partial charge in [-0.2, -0.15) is 5.26 Å². The molecule has 2 rings (SSSR count). The molecule has 17 heavy (non-hydrogen) atoms. The van der Waals surface area contributed by atoms with Gasteiger partial charge in [0.2, 0.25) is 0 Å². The van der Waals surface area contributed by atoms with E-state index < -0.39 is 0 Å². The molecule has 0 bridgehead atoms. The van der Waals surface area contributed by atoms with E-state index >= 15 is 0 Å². The van der Waals surface area contributed by atoms with E-state index in [-0.39, 0.29) is 5.78 Å². The Balaban J connectivity index is 2.01. The van der Waals surface area contributed by atoms with E-state index in [0.29, 0.717) is 19.4 Å². The van der Waals surface area contributed by atoms with Gasteiger partial charge in [0.05, 0.1) is 12.7 Å². The van der Waals surface area contributed by atoms with Crippen molar-refractivity contribution in [2.75, 3.05) is 6.61 Å². The number of unbranched alkanes of at least 4 members (excludes halogenated alkanes) is 1. The number of nitrogens with zero attached hydrogens (tertiary/aromatic N) is 1. The third kappa shape index (κ3) is 2.85. The average molecular weight is 229 g/mol. The minimum Gasteiger partial charge on any atom is -0.494 e. The Morgan fingerprint density at radius 3 is 3.06 bits per heavy atom. The molecule has 1 aliphatic carbocycles. The van der Waals surface area contributed by atoms with Gasteiger partial charge in [0.25, 0.3) is 0 Å². The first kappa shape index (κ1) is 11.7. The molecule has 0 N–H and O–H groups in total. The number of Topliss-reactive ketones (excluding diaryl/α,β-unsaturated/α-hetero) is 1. The number of fused-ring (bicyclic) bond motifs is 1. The Kier molecular flexibility index (Phi) is 3.77. The largest absolute Gasteiger partial charge is 0.494 e. The number of hydrogen-bond donors (Lipinski definition) is 0. The predicted molar refractivity (Wildman–Crippen MR) is 64.1 cm³/mol. The summed E-state index contributed by atoms with van der Waals surface area (Å²) < 4.78 is 5.55. The molecule has 0 aromatic heterocycles. The summed E-state index contributed by atoms with van der Waals surface area (Å²) >= 11 is 0. The highest BCUT2D eigenvalue weighted by Gasteiger charge is 2.17. The van der Waals surface area contributed by atoms with Crippen LogP contribution in [0.25, 0.3) is 0 Å². The number of nitriles is 1. The van der Waals surface area contributed by atoms with Crippen molar-refractivity contribution < 1.29 is 9.53 Å². The van der Waals surface area contributed by atoms with Crippen molar-refractivity contribution in [2.45, 2.75) is 32.1 Å². The van der Waals surface area contributed by atoms with Crippen LogP contribution in [0.4, 0.5) is 0 Å². The summed E-state index contributed by atoms with van der Waals surface area (Å²) in [6, 6.07) is 7.74. The number of hydrogen-bond acceptors (Lipinski definition) is 3. The van der Waals surface area contributed by atoms with Crippen LogP contribution in [0.5, 0.6) is 5.75 Å². The quantitative estimate of drug-likeness (QED) is 0.746. The average Bonchev–Trinajstić information content (AvgIpc) is 2.35. The number of carbonyl (C=O) groups is 1. The summed E-state index contributed by atoms with van der Waals surface area (Å²) in [5.74, 6) is 1.04. The van der Waals surface area contributed by atoms with Crippen molar-refractivity contribution in [2.24, 2.45) is 0 Å². The van der Waals surface area contributed by atoms with Crippen molar-refractivity contribution in [1.82, 2.24) is 0 Å². The molecule has 0 fully saturated rings. The zero-order valence-corrected chi connectivity index (χ0v) is 9.74. The molecular formula is C14H15NO2. The lowest BCUT2D eigenvalue weighted by Gasteiger charge is -2.15. The summed E-state index contributed by atoms with van der Waals surface area (Å²) in [4.78, 5) is 11.6. The third-order valence-corrected chi connectivity index (χ3v) is 2.93. The van der Waals surface area contributed by atoms with Crippen molar-refractivity contribution in [3.05, 3.63) is 29.3 Å². The summed E-state index contributed by atoms with van der Waals surface area (Å²) in [5, 5.41) is 8.41.